The smallest absolute Gasteiger partial charge is 0.388 e. The van der Waals surface area contributed by atoms with E-state index in [2.05, 4.69) is 28.5 Å². The van der Waals surface area contributed by atoms with Gasteiger partial charge in [0.15, 0.2) is 0 Å². The first kappa shape index (κ1) is 22.0. The quantitative estimate of drug-likeness (QED) is 0.539. The fourth-order valence-corrected chi connectivity index (χ4v) is 3.64. The lowest BCUT2D eigenvalue weighted by Crippen LogP contribution is -2.34. The molecule has 1 saturated heterocycles. The fourth-order valence-electron chi connectivity index (χ4n) is 3.64. The normalized spacial score (nSPS) is 18.1. The Bertz CT molecular complexity index is 581. The van der Waals surface area contributed by atoms with E-state index in [-0.39, 0.29) is 17.7 Å². The van der Waals surface area contributed by atoms with Crippen LogP contribution in [0.5, 0.6) is 5.88 Å². The third-order valence-electron chi connectivity index (χ3n) is 5.62. The van der Waals surface area contributed by atoms with Gasteiger partial charge in [-0.2, -0.15) is 0 Å². The monoisotopic (exact) mass is 386 g/mol. The van der Waals surface area contributed by atoms with Gasteiger partial charge in [-0.15, -0.1) is 13.2 Å². The van der Waals surface area contributed by atoms with Gasteiger partial charge in [0.2, 0.25) is 5.88 Å². The third-order valence-corrected chi connectivity index (χ3v) is 5.62. The molecule has 0 spiro atoms. The highest BCUT2D eigenvalue weighted by molar-refractivity contribution is 5.32. The van der Waals surface area contributed by atoms with Crippen molar-refractivity contribution in [2.75, 3.05) is 19.6 Å². The minimum absolute atomic E-state index is 0.0729. The van der Waals surface area contributed by atoms with E-state index in [4.69, 9.17) is 0 Å². The number of hydrogen-bond donors (Lipinski definition) is 0. The van der Waals surface area contributed by atoms with Crippen LogP contribution in [0.2, 0.25) is 0 Å². The maximum Gasteiger partial charge on any atom is 0.574 e. The van der Waals surface area contributed by atoms with E-state index >= 15 is 0 Å². The second kappa shape index (κ2) is 9.76. The van der Waals surface area contributed by atoms with Crippen LogP contribution >= 0.6 is 0 Å². The summed E-state index contributed by atoms with van der Waals surface area (Å²) in [5, 5.41) is 0. The van der Waals surface area contributed by atoms with E-state index < -0.39 is 6.36 Å². The van der Waals surface area contributed by atoms with Crippen molar-refractivity contribution in [1.29, 1.82) is 0 Å². The average molecular weight is 387 g/mol. The molecule has 0 radical (unpaired) electrons. The van der Waals surface area contributed by atoms with Crippen LogP contribution in [0.25, 0.3) is 0 Å². The summed E-state index contributed by atoms with van der Waals surface area (Å²) in [4.78, 5) is 6.73. The molecule has 154 valence electrons. The van der Waals surface area contributed by atoms with Crippen molar-refractivity contribution in [2.24, 2.45) is 5.92 Å². The molecule has 0 aromatic carbocycles. The van der Waals surface area contributed by atoms with Crippen LogP contribution in [0.3, 0.4) is 0 Å². The van der Waals surface area contributed by atoms with Crippen molar-refractivity contribution in [1.82, 2.24) is 9.88 Å². The summed E-state index contributed by atoms with van der Waals surface area (Å²) in [6, 6.07) is 3.62. The SMILES string of the molecule is CCC(C)CCCN1CCC(c2ccc(C(C)C)c(OC(F)(F)F)n2)CC1. The van der Waals surface area contributed by atoms with E-state index in [9.17, 15) is 13.2 Å². The predicted molar refractivity (Wildman–Crippen MR) is 102 cm³/mol. The zero-order valence-electron chi connectivity index (χ0n) is 17.0. The highest BCUT2D eigenvalue weighted by Gasteiger charge is 2.34. The standard InChI is InChI=1S/C21H33F3N2O/c1-5-16(4)7-6-12-26-13-10-17(11-14-26)19-9-8-18(15(2)3)20(25-19)27-21(22,23)24/h8-9,15-17H,5-7,10-14H2,1-4H3. The summed E-state index contributed by atoms with van der Waals surface area (Å²) < 4.78 is 42.4. The maximum absolute atomic E-state index is 12.7. The van der Waals surface area contributed by atoms with Crippen molar-refractivity contribution in [2.45, 2.75) is 78.0 Å². The van der Waals surface area contributed by atoms with Crippen molar-refractivity contribution in [3.63, 3.8) is 0 Å². The summed E-state index contributed by atoms with van der Waals surface area (Å²) in [5.41, 5.74) is 1.22. The molecule has 1 unspecified atom stereocenters. The molecule has 1 aliphatic rings. The lowest BCUT2D eigenvalue weighted by atomic mass is 9.92. The number of piperidine rings is 1. The molecule has 3 nitrogen and oxygen atoms in total. The van der Waals surface area contributed by atoms with Gasteiger partial charge in [-0.25, -0.2) is 4.98 Å². The molecule has 1 aromatic rings. The molecule has 0 N–H and O–H groups in total. The first-order chi connectivity index (χ1) is 12.7. The summed E-state index contributed by atoms with van der Waals surface area (Å²) in [6.45, 7) is 11.3. The molecule has 2 heterocycles. The number of halogens is 3. The van der Waals surface area contributed by atoms with Crippen molar-refractivity contribution >= 4 is 0 Å². The Morgan fingerprint density at radius 1 is 1.19 bits per heavy atom. The summed E-state index contributed by atoms with van der Waals surface area (Å²) in [6.07, 6.45) is 0.847. The van der Waals surface area contributed by atoms with Crippen molar-refractivity contribution in [3.05, 3.63) is 23.4 Å². The highest BCUT2D eigenvalue weighted by Crippen LogP contribution is 2.34. The molecule has 27 heavy (non-hydrogen) atoms. The molecular weight excluding hydrogens is 353 g/mol. The number of nitrogens with zero attached hydrogens (tertiary/aromatic N) is 2. The number of pyridine rings is 1. The lowest BCUT2D eigenvalue weighted by Gasteiger charge is -2.32. The highest BCUT2D eigenvalue weighted by atomic mass is 19.4. The van der Waals surface area contributed by atoms with Crippen LogP contribution in [-0.4, -0.2) is 35.9 Å². The number of aromatic nitrogens is 1. The predicted octanol–water partition coefficient (Wildman–Crippen LogP) is 6.11. The molecule has 2 rings (SSSR count). The Labute approximate surface area is 161 Å². The van der Waals surface area contributed by atoms with Gasteiger partial charge in [-0.05, 0) is 63.2 Å². The Kier molecular flexibility index (Phi) is 7.95. The van der Waals surface area contributed by atoms with Crippen LogP contribution in [0, 0.1) is 5.92 Å². The second-order valence-corrected chi connectivity index (χ2v) is 8.10. The Hall–Kier alpha value is -1.30. The summed E-state index contributed by atoms with van der Waals surface area (Å²) >= 11 is 0. The largest absolute Gasteiger partial charge is 0.574 e. The molecule has 0 amide bonds. The van der Waals surface area contributed by atoms with Crippen LogP contribution in [0.4, 0.5) is 13.2 Å². The Morgan fingerprint density at radius 3 is 2.41 bits per heavy atom. The van der Waals surface area contributed by atoms with Gasteiger partial charge in [0.25, 0.3) is 0 Å². The number of ether oxygens (including phenoxy) is 1. The molecule has 1 fully saturated rings. The molecule has 1 aliphatic heterocycles. The van der Waals surface area contributed by atoms with Crippen LogP contribution in [-0.2, 0) is 0 Å². The second-order valence-electron chi connectivity index (χ2n) is 8.10. The van der Waals surface area contributed by atoms with Crippen LogP contribution < -0.4 is 4.74 Å². The number of alkyl halides is 3. The fraction of sp³-hybridized carbons (Fsp3) is 0.762. The number of likely N-dealkylation sites (tertiary alicyclic amines) is 1. The first-order valence-corrected chi connectivity index (χ1v) is 10.2. The van der Waals surface area contributed by atoms with Gasteiger partial charge >= 0.3 is 6.36 Å². The third kappa shape index (κ3) is 6.98. The van der Waals surface area contributed by atoms with Gasteiger partial charge in [0, 0.05) is 17.2 Å². The summed E-state index contributed by atoms with van der Waals surface area (Å²) in [7, 11) is 0. The van der Waals surface area contributed by atoms with Gasteiger partial charge < -0.3 is 9.64 Å². The molecule has 1 atom stereocenters. The number of rotatable bonds is 8. The zero-order chi connectivity index (χ0) is 20.0. The van der Waals surface area contributed by atoms with E-state index in [1.165, 1.54) is 19.3 Å². The van der Waals surface area contributed by atoms with E-state index in [0.717, 1.165) is 44.1 Å². The van der Waals surface area contributed by atoms with Crippen molar-refractivity contribution in [3.8, 4) is 5.88 Å². The Morgan fingerprint density at radius 2 is 1.85 bits per heavy atom. The van der Waals surface area contributed by atoms with Gasteiger partial charge in [0.05, 0.1) is 0 Å². The van der Waals surface area contributed by atoms with Crippen LogP contribution in [0.15, 0.2) is 12.1 Å². The molecule has 0 saturated carbocycles. The van der Waals surface area contributed by atoms with Gasteiger partial charge in [-0.1, -0.05) is 40.2 Å². The molecule has 6 heteroatoms. The Balaban J connectivity index is 1.96. The topological polar surface area (TPSA) is 25.4 Å². The molecular formula is C21H33F3N2O. The van der Waals surface area contributed by atoms with E-state index in [1.54, 1.807) is 6.07 Å². The maximum atomic E-state index is 12.7. The van der Waals surface area contributed by atoms with Crippen molar-refractivity contribution < 1.29 is 17.9 Å². The first-order valence-electron chi connectivity index (χ1n) is 10.2. The minimum Gasteiger partial charge on any atom is -0.388 e. The van der Waals surface area contributed by atoms with Gasteiger partial charge in [-0.3, -0.25) is 0 Å². The van der Waals surface area contributed by atoms with Gasteiger partial charge in [0.1, 0.15) is 0 Å². The zero-order valence-corrected chi connectivity index (χ0v) is 17.0. The summed E-state index contributed by atoms with van der Waals surface area (Å²) in [5.74, 6) is 0.619. The molecule has 1 aromatic heterocycles. The molecule has 0 bridgehead atoms. The lowest BCUT2D eigenvalue weighted by molar-refractivity contribution is -0.276. The van der Waals surface area contributed by atoms with E-state index in [0.29, 0.717) is 5.56 Å². The minimum atomic E-state index is -4.71. The van der Waals surface area contributed by atoms with Crippen LogP contribution in [0.1, 0.15) is 82.9 Å². The average Bonchev–Trinajstić information content (AvgIpc) is 2.60. The van der Waals surface area contributed by atoms with E-state index in [1.807, 2.05) is 19.9 Å². The number of hydrogen-bond acceptors (Lipinski definition) is 3. The molecule has 0 aliphatic carbocycles.